The van der Waals surface area contributed by atoms with Gasteiger partial charge in [-0.2, -0.15) is 0 Å². The third-order valence-corrected chi connectivity index (χ3v) is 20.4. The Morgan fingerprint density at radius 1 is 0.309 bits per heavy atom. The van der Waals surface area contributed by atoms with E-state index in [1.807, 2.05) is 35.8 Å². The van der Waals surface area contributed by atoms with Gasteiger partial charge in [0, 0.05) is 81.3 Å². The Kier molecular flexibility index (Phi) is 11.3. The van der Waals surface area contributed by atoms with E-state index in [1.54, 1.807) is 0 Å². The number of fused-ring (bicyclic) bond motifs is 12. The molecule has 6 heterocycles. The molecular weight excluding hydrogens is 1040 g/mol. The highest BCUT2D eigenvalue weighted by molar-refractivity contribution is 8.01. The van der Waals surface area contributed by atoms with Crippen molar-refractivity contribution >= 4 is 185 Å². The molecule has 0 atom stereocenters. The van der Waals surface area contributed by atoms with Crippen LogP contribution in [0.15, 0.2) is 170 Å². The minimum Gasteiger partial charge on any atom is -0.356 e. The summed E-state index contributed by atoms with van der Waals surface area (Å²) in [5.41, 5.74) is 33.0. The molecule has 6 nitrogen and oxygen atoms in total. The van der Waals surface area contributed by atoms with Gasteiger partial charge in [-0.15, -0.1) is 0 Å². The molecule has 0 fully saturated rings. The monoisotopic (exact) mass is 1110 g/mol. The van der Waals surface area contributed by atoms with Gasteiger partial charge in [0.25, 0.3) is 20.1 Å². The number of anilines is 14. The van der Waals surface area contributed by atoms with Crippen LogP contribution in [0.2, 0.25) is 0 Å². The third kappa shape index (κ3) is 7.41. The molecule has 0 bridgehead atoms. The lowest BCUT2D eigenvalue weighted by Crippen LogP contribution is -2.66. The molecule has 0 aliphatic carbocycles. The van der Waals surface area contributed by atoms with Gasteiger partial charge < -0.3 is 15.1 Å². The smallest absolute Gasteiger partial charge is 0.252 e. The standard InChI is InChI=1S/C69H65B3N6S3/c1-67(2,3)41-31-53-64-59(32-41)74(44-23-15-13-16-24-44)54-29-21-19-27-46(54)70(64)48-37-49-56(39-52(48)73-53)76(79-10)62-35-43(69(7,8)9)36-63-66(62)72(49)51-38-50-57(40-58(51)78(63)81-12)77(80-11)61-34-42(68(4,5)6)33-60-65(61)71(50)47-28-20-22-30-55(47)75(60)45-25-17-14-18-26-45/h13-40,73H,1-12H3. The largest absolute Gasteiger partial charge is 0.356 e. The normalized spacial score (nSPS) is 15.0. The quantitative estimate of drug-likeness (QED) is 0.134. The lowest BCUT2D eigenvalue weighted by Gasteiger charge is -2.47. The van der Waals surface area contributed by atoms with Gasteiger partial charge in [-0.3, -0.25) is 12.9 Å². The van der Waals surface area contributed by atoms with E-state index in [2.05, 4.69) is 279 Å². The van der Waals surface area contributed by atoms with Gasteiger partial charge in [0.05, 0.1) is 17.1 Å². The molecule has 6 aliphatic rings. The van der Waals surface area contributed by atoms with Crippen LogP contribution in [0.5, 0.6) is 0 Å². The van der Waals surface area contributed by atoms with E-state index >= 15 is 0 Å². The molecule has 398 valence electrons. The third-order valence-electron chi connectivity index (χ3n) is 18.1. The summed E-state index contributed by atoms with van der Waals surface area (Å²) in [6.45, 7) is 21.1. The van der Waals surface area contributed by atoms with Crippen LogP contribution in [-0.2, 0) is 16.2 Å². The van der Waals surface area contributed by atoms with Crippen LogP contribution in [0, 0.1) is 0 Å². The molecule has 0 saturated carbocycles. The second kappa shape index (κ2) is 18.0. The summed E-state index contributed by atoms with van der Waals surface area (Å²) in [5.74, 6) is 0. The summed E-state index contributed by atoms with van der Waals surface area (Å²) >= 11 is 5.47. The fraction of sp³-hybridized carbons (Fsp3) is 0.217. The summed E-state index contributed by atoms with van der Waals surface area (Å²) in [6, 6.07) is 65.8. The Morgan fingerprint density at radius 3 is 1.12 bits per heavy atom. The Hall–Kier alpha value is -6.98. The Labute approximate surface area is 493 Å². The topological polar surface area (TPSA) is 28.2 Å². The van der Waals surface area contributed by atoms with E-state index in [0.717, 1.165) is 0 Å². The minimum absolute atomic E-state index is 0.00256. The zero-order valence-corrected chi connectivity index (χ0v) is 50.8. The van der Waals surface area contributed by atoms with Crippen molar-refractivity contribution in [2.24, 2.45) is 0 Å². The van der Waals surface area contributed by atoms with Gasteiger partial charge >= 0.3 is 0 Å². The first-order valence-corrected chi connectivity index (χ1v) is 32.1. The first-order valence-electron chi connectivity index (χ1n) is 28.6. The van der Waals surface area contributed by atoms with Crippen LogP contribution in [-0.4, -0.2) is 38.9 Å². The molecule has 6 aliphatic heterocycles. The van der Waals surface area contributed by atoms with Crippen LogP contribution < -0.4 is 77.2 Å². The number of hydrogen-bond acceptors (Lipinski definition) is 9. The van der Waals surface area contributed by atoms with Crippen LogP contribution in [0.4, 0.5) is 79.6 Å². The molecule has 0 radical (unpaired) electrons. The predicted octanol–water partition coefficient (Wildman–Crippen LogP) is 12.9. The first kappa shape index (κ1) is 50.9. The highest BCUT2D eigenvalue weighted by Gasteiger charge is 2.50. The summed E-state index contributed by atoms with van der Waals surface area (Å²) in [6.07, 6.45) is 6.79. The van der Waals surface area contributed by atoms with Gasteiger partial charge in [0.1, 0.15) is 0 Å². The number of hydrogen-bond donors (Lipinski definition) is 1. The summed E-state index contributed by atoms with van der Waals surface area (Å²) in [7, 11) is 0. The second-order valence-corrected chi connectivity index (χ2v) is 28.0. The summed E-state index contributed by atoms with van der Waals surface area (Å²) < 4.78 is 7.70. The minimum atomic E-state index is -0.0962. The molecule has 0 spiro atoms. The van der Waals surface area contributed by atoms with Crippen LogP contribution in [0.25, 0.3) is 0 Å². The average Bonchev–Trinajstić information content (AvgIpc) is 2.15. The summed E-state index contributed by atoms with van der Waals surface area (Å²) in [4.78, 5) is 5.05. The fourth-order valence-electron chi connectivity index (χ4n) is 14.3. The van der Waals surface area contributed by atoms with Crippen molar-refractivity contribution in [3.63, 3.8) is 0 Å². The molecular formula is C69H65B3N6S3. The van der Waals surface area contributed by atoms with Gasteiger partial charge in [-0.25, -0.2) is 0 Å². The Morgan fingerprint density at radius 2 is 0.667 bits per heavy atom. The average molecular weight is 1110 g/mol. The van der Waals surface area contributed by atoms with Crippen molar-refractivity contribution < 1.29 is 0 Å². The molecule has 12 heteroatoms. The molecule has 15 rings (SSSR count). The van der Waals surface area contributed by atoms with Crippen molar-refractivity contribution in [1.82, 2.24) is 0 Å². The molecule has 1 N–H and O–H groups in total. The van der Waals surface area contributed by atoms with Crippen LogP contribution in [0.3, 0.4) is 0 Å². The SMILES string of the molecule is CSN1c2cc3c(cc2B2c4cc5c(cc4N(SC)c4cc(C(C)(C)C)cc1c42)N(SC)c1cc(C(C)(C)C)cc2c1B5c1ccccc1N2c1ccccc1)B1c2ccccc2N(c2ccccc2)c2cc(C(C)(C)C)cc(c21)N3. The van der Waals surface area contributed by atoms with Crippen molar-refractivity contribution in [2.75, 3.05) is 46.8 Å². The van der Waals surface area contributed by atoms with Gasteiger partial charge in [0.2, 0.25) is 0 Å². The number of rotatable bonds is 5. The molecule has 9 aromatic rings. The van der Waals surface area contributed by atoms with Crippen molar-refractivity contribution in [1.29, 1.82) is 0 Å². The molecule has 0 aromatic heterocycles. The van der Waals surface area contributed by atoms with E-state index in [-0.39, 0.29) is 36.4 Å². The highest BCUT2D eigenvalue weighted by Crippen LogP contribution is 2.50. The Balaban J connectivity index is 1.01. The number of nitrogens with one attached hydrogen (secondary N) is 1. The molecule has 0 unspecified atom stereocenters. The molecule has 0 amide bonds. The van der Waals surface area contributed by atoms with E-state index in [9.17, 15) is 0 Å². The van der Waals surface area contributed by atoms with Gasteiger partial charge in [0.15, 0.2) is 0 Å². The number of para-hydroxylation sites is 4. The van der Waals surface area contributed by atoms with Gasteiger partial charge in [-0.1, -0.05) is 147 Å². The second-order valence-electron chi connectivity index (χ2n) is 25.8. The maximum Gasteiger partial charge on any atom is 0.252 e. The van der Waals surface area contributed by atoms with Crippen molar-refractivity contribution in [3.05, 3.63) is 187 Å². The van der Waals surface area contributed by atoms with E-state index in [0.29, 0.717) is 0 Å². The van der Waals surface area contributed by atoms with E-state index in [4.69, 9.17) is 0 Å². The molecule has 0 saturated heterocycles. The van der Waals surface area contributed by atoms with E-state index < -0.39 is 0 Å². The first-order chi connectivity index (χ1) is 39.0. The van der Waals surface area contributed by atoms with E-state index in [1.165, 1.54) is 145 Å². The fourth-order valence-corrected chi connectivity index (χ4v) is 16.4. The molecule has 81 heavy (non-hydrogen) atoms. The highest BCUT2D eigenvalue weighted by atomic mass is 32.2. The maximum atomic E-state index is 4.18. The number of benzene rings is 9. The Bertz CT molecular complexity index is 4130. The zero-order valence-electron chi connectivity index (χ0n) is 48.4. The summed E-state index contributed by atoms with van der Waals surface area (Å²) in [5, 5.41) is 4.18. The molecule has 9 aromatic carbocycles. The predicted molar refractivity (Wildman–Crippen MR) is 362 cm³/mol. The van der Waals surface area contributed by atoms with Crippen LogP contribution >= 0.6 is 35.8 Å². The van der Waals surface area contributed by atoms with Crippen LogP contribution in [0.1, 0.15) is 79.0 Å². The zero-order chi connectivity index (χ0) is 55.8. The lowest BCUT2D eigenvalue weighted by atomic mass is 9.29. The van der Waals surface area contributed by atoms with Gasteiger partial charge in [-0.05, 0) is 203 Å². The maximum absolute atomic E-state index is 4.18. The van der Waals surface area contributed by atoms with Crippen molar-refractivity contribution in [2.45, 2.75) is 78.6 Å². The number of nitrogens with zero attached hydrogens (tertiary/aromatic N) is 5. The lowest BCUT2D eigenvalue weighted by molar-refractivity contribution is 0.590. The van der Waals surface area contributed by atoms with Crippen molar-refractivity contribution in [3.8, 4) is 0 Å².